The largest absolute Gasteiger partial charge is 0.392 e. The number of morpholine rings is 1. The molecule has 4 heteroatoms. The van der Waals surface area contributed by atoms with Gasteiger partial charge in [0.15, 0.2) is 0 Å². The molecule has 0 amide bonds. The molecule has 1 aliphatic heterocycles. The van der Waals surface area contributed by atoms with Crippen molar-refractivity contribution in [3.63, 3.8) is 0 Å². The van der Waals surface area contributed by atoms with Crippen LogP contribution in [0.15, 0.2) is 18.2 Å². The van der Waals surface area contributed by atoms with E-state index in [0.717, 1.165) is 30.8 Å². The SMILES string of the molecule is CCC1COC(C)CN1c1ccc(CO)c(Cl)c1. The summed E-state index contributed by atoms with van der Waals surface area (Å²) >= 11 is 6.16. The molecule has 1 aliphatic rings. The van der Waals surface area contributed by atoms with Gasteiger partial charge in [-0.2, -0.15) is 0 Å². The molecule has 1 fully saturated rings. The third-order valence-corrected chi connectivity index (χ3v) is 3.83. The third kappa shape index (κ3) is 2.79. The molecule has 0 saturated carbocycles. The predicted molar refractivity (Wildman–Crippen MR) is 74.2 cm³/mol. The average molecular weight is 270 g/mol. The van der Waals surface area contributed by atoms with Crippen LogP contribution in [0.5, 0.6) is 0 Å². The Morgan fingerprint density at radius 1 is 1.50 bits per heavy atom. The molecule has 1 aromatic carbocycles. The first-order chi connectivity index (χ1) is 8.65. The van der Waals surface area contributed by atoms with Crippen LogP contribution in [0.25, 0.3) is 0 Å². The normalized spacial score (nSPS) is 24.3. The predicted octanol–water partition coefficient (Wildman–Crippen LogP) is 2.84. The Morgan fingerprint density at radius 2 is 2.28 bits per heavy atom. The number of benzene rings is 1. The quantitative estimate of drug-likeness (QED) is 0.916. The first-order valence-electron chi connectivity index (χ1n) is 6.43. The number of halogens is 1. The zero-order chi connectivity index (χ0) is 13.1. The van der Waals surface area contributed by atoms with Crippen LogP contribution >= 0.6 is 11.6 Å². The van der Waals surface area contributed by atoms with E-state index in [1.807, 2.05) is 18.2 Å². The van der Waals surface area contributed by atoms with Crippen LogP contribution in [0.4, 0.5) is 5.69 Å². The van der Waals surface area contributed by atoms with Crippen molar-refractivity contribution < 1.29 is 9.84 Å². The molecule has 0 bridgehead atoms. The minimum absolute atomic E-state index is 0.0180. The molecule has 1 saturated heterocycles. The smallest absolute Gasteiger partial charge is 0.0723 e. The van der Waals surface area contributed by atoms with Gasteiger partial charge >= 0.3 is 0 Å². The minimum Gasteiger partial charge on any atom is -0.392 e. The summed E-state index contributed by atoms with van der Waals surface area (Å²) in [4.78, 5) is 2.35. The van der Waals surface area contributed by atoms with Gasteiger partial charge in [0.1, 0.15) is 0 Å². The summed E-state index contributed by atoms with van der Waals surface area (Å²) in [5, 5.41) is 9.77. The molecule has 0 spiro atoms. The molecule has 1 aromatic rings. The van der Waals surface area contributed by atoms with Crippen LogP contribution in [0, 0.1) is 0 Å². The standard InChI is InChI=1S/C14H20ClNO2/c1-3-12-9-18-10(2)7-16(12)13-5-4-11(8-17)14(15)6-13/h4-6,10,12,17H,3,7-9H2,1-2H3. The Balaban J connectivity index is 2.25. The van der Waals surface area contributed by atoms with Crippen molar-refractivity contribution in [3.05, 3.63) is 28.8 Å². The summed E-state index contributed by atoms with van der Waals surface area (Å²) < 4.78 is 5.69. The lowest BCUT2D eigenvalue weighted by Crippen LogP contribution is -2.48. The van der Waals surface area contributed by atoms with Gasteiger partial charge < -0.3 is 14.7 Å². The number of hydrogen-bond donors (Lipinski definition) is 1. The second-order valence-corrected chi connectivity index (χ2v) is 5.20. The number of nitrogens with zero attached hydrogens (tertiary/aromatic N) is 1. The number of anilines is 1. The van der Waals surface area contributed by atoms with Gasteiger partial charge in [-0.05, 0) is 31.0 Å². The highest BCUT2D eigenvalue weighted by Crippen LogP contribution is 2.28. The Kier molecular flexibility index (Phi) is 4.49. The summed E-state index contributed by atoms with van der Waals surface area (Å²) in [7, 11) is 0. The maximum atomic E-state index is 9.14. The van der Waals surface area contributed by atoms with E-state index >= 15 is 0 Å². The van der Waals surface area contributed by atoms with Gasteiger partial charge in [0.2, 0.25) is 0 Å². The maximum absolute atomic E-state index is 9.14. The van der Waals surface area contributed by atoms with Crippen LogP contribution in [-0.2, 0) is 11.3 Å². The fraction of sp³-hybridized carbons (Fsp3) is 0.571. The fourth-order valence-corrected chi connectivity index (χ4v) is 2.58. The molecule has 2 unspecified atom stereocenters. The van der Waals surface area contributed by atoms with Crippen molar-refractivity contribution >= 4 is 17.3 Å². The minimum atomic E-state index is -0.0180. The van der Waals surface area contributed by atoms with Crippen molar-refractivity contribution in [2.45, 2.75) is 39.0 Å². The number of rotatable bonds is 3. The molecule has 0 radical (unpaired) electrons. The van der Waals surface area contributed by atoms with E-state index in [9.17, 15) is 0 Å². The van der Waals surface area contributed by atoms with E-state index in [0.29, 0.717) is 11.1 Å². The molecule has 1 N–H and O–H groups in total. The number of hydrogen-bond acceptors (Lipinski definition) is 3. The van der Waals surface area contributed by atoms with Gasteiger partial charge in [-0.1, -0.05) is 24.6 Å². The summed E-state index contributed by atoms with van der Waals surface area (Å²) in [5.74, 6) is 0. The lowest BCUT2D eigenvalue weighted by molar-refractivity contribution is 0.0299. The first-order valence-corrected chi connectivity index (χ1v) is 6.81. The Bertz CT molecular complexity index is 411. The Morgan fingerprint density at radius 3 is 2.89 bits per heavy atom. The van der Waals surface area contributed by atoms with Gasteiger partial charge in [-0.15, -0.1) is 0 Å². The molecule has 2 rings (SSSR count). The van der Waals surface area contributed by atoms with Gasteiger partial charge in [-0.3, -0.25) is 0 Å². The lowest BCUT2D eigenvalue weighted by atomic mass is 10.1. The molecular formula is C14H20ClNO2. The van der Waals surface area contributed by atoms with Crippen LogP contribution in [0.2, 0.25) is 5.02 Å². The van der Waals surface area contributed by atoms with Crippen molar-refractivity contribution in [3.8, 4) is 0 Å². The van der Waals surface area contributed by atoms with E-state index < -0.39 is 0 Å². The molecular weight excluding hydrogens is 250 g/mol. The Labute approximate surface area is 113 Å². The molecule has 18 heavy (non-hydrogen) atoms. The van der Waals surface area contributed by atoms with Crippen molar-refractivity contribution in [2.24, 2.45) is 0 Å². The second kappa shape index (κ2) is 5.91. The molecule has 0 aliphatic carbocycles. The van der Waals surface area contributed by atoms with Gasteiger partial charge in [0, 0.05) is 17.3 Å². The van der Waals surface area contributed by atoms with Gasteiger partial charge in [-0.25, -0.2) is 0 Å². The molecule has 2 atom stereocenters. The summed E-state index contributed by atoms with van der Waals surface area (Å²) in [6.45, 7) is 5.88. The fourth-order valence-electron chi connectivity index (χ4n) is 2.34. The van der Waals surface area contributed by atoms with Crippen LogP contribution in [-0.4, -0.2) is 30.4 Å². The van der Waals surface area contributed by atoms with Gasteiger partial charge in [0.05, 0.1) is 25.4 Å². The van der Waals surface area contributed by atoms with E-state index in [-0.39, 0.29) is 12.7 Å². The highest BCUT2D eigenvalue weighted by Gasteiger charge is 2.25. The highest BCUT2D eigenvalue weighted by atomic mass is 35.5. The van der Waals surface area contributed by atoms with Crippen LogP contribution in [0.1, 0.15) is 25.8 Å². The number of aliphatic hydroxyl groups excluding tert-OH is 1. The number of aliphatic hydroxyl groups is 1. The highest BCUT2D eigenvalue weighted by molar-refractivity contribution is 6.31. The lowest BCUT2D eigenvalue weighted by Gasteiger charge is -2.40. The first kappa shape index (κ1) is 13.7. The summed E-state index contributed by atoms with van der Waals surface area (Å²) in [6, 6.07) is 6.26. The molecule has 3 nitrogen and oxygen atoms in total. The van der Waals surface area contributed by atoms with Crippen molar-refractivity contribution in [2.75, 3.05) is 18.1 Å². The third-order valence-electron chi connectivity index (χ3n) is 3.48. The second-order valence-electron chi connectivity index (χ2n) is 4.79. The van der Waals surface area contributed by atoms with E-state index in [4.69, 9.17) is 21.4 Å². The van der Waals surface area contributed by atoms with Crippen LogP contribution < -0.4 is 4.90 Å². The van der Waals surface area contributed by atoms with E-state index in [1.54, 1.807) is 0 Å². The molecule has 100 valence electrons. The van der Waals surface area contributed by atoms with Crippen LogP contribution in [0.3, 0.4) is 0 Å². The maximum Gasteiger partial charge on any atom is 0.0723 e. The van der Waals surface area contributed by atoms with Crippen molar-refractivity contribution in [1.29, 1.82) is 0 Å². The average Bonchev–Trinajstić information content (AvgIpc) is 2.38. The molecule has 1 heterocycles. The van der Waals surface area contributed by atoms with E-state index in [2.05, 4.69) is 18.7 Å². The Hall–Kier alpha value is -0.770. The monoisotopic (exact) mass is 269 g/mol. The van der Waals surface area contributed by atoms with Gasteiger partial charge in [0.25, 0.3) is 0 Å². The summed E-state index contributed by atoms with van der Waals surface area (Å²) in [6.07, 6.45) is 1.29. The zero-order valence-corrected chi connectivity index (χ0v) is 11.7. The summed E-state index contributed by atoms with van der Waals surface area (Å²) in [5.41, 5.74) is 1.88. The number of ether oxygens (including phenoxy) is 1. The molecule has 0 aromatic heterocycles. The topological polar surface area (TPSA) is 32.7 Å². The van der Waals surface area contributed by atoms with E-state index in [1.165, 1.54) is 0 Å². The zero-order valence-electron chi connectivity index (χ0n) is 10.9. The van der Waals surface area contributed by atoms with Crippen molar-refractivity contribution in [1.82, 2.24) is 0 Å².